The fourth-order valence-corrected chi connectivity index (χ4v) is 3.79. The summed E-state index contributed by atoms with van der Waals surface area (Å²) in [5, 5.41) is 0.737. The van der Waals surface area contributed by atoms with Gasteiger partial charge in [0.2, 0.25) is 0 Å². The highest BCUT2D eigenvalue weighted by Gasteiger charge is 2.35. The van der Waals surface area contributed by atoms with Crippen LogP contribution in [0, 0.1) is 0 Å². The number of anilines is 2. The minimum atomic E-state index is 0.452. The lowest BCUT2D eigenvalue weighted by molar-refractivity contribution is -0.0558. The molecule has 0 unspecified atom stereocenters. The van der Waals surface area contributed by atoms with Crippen LogP contribution in [0.4, 0.5) is 11.6 Å². The van der Waals surface area contributed by atoms with Crippen LogP contribution in [-0.4, -0.2) is 66.1 Å². The van der Waals surface area contributed by atoms with E-state index in [2.05, 4.69) is 26.7 Å². The van der Waals surface area contributed by atoms with Crippen LogP contribution in [0.25, 0.3) is 0 Å². The number of fused-ring (bicyclic) bond motifs is 1. The molecule has 1 aromatic rings. The Kier molecular flexibility index (Phi) is 5.05. The fourth-order valence-electron chi connectivity index (χ4n) is 3.41. The van der Waals surface area contributed by atoms with Gasteiger partial charge in [0, 0.05) is 31.7 Å². The maximum atomic E-state index is 5.91. The molecule has 1 aromatic heterocycles. The van der Waals surface area contributed by atoms with Gasteiger partial charge in [-0.3, -0.25) is 4.90 Å². The Hall–Kier alpha value is -1.05. The molecule has 3 heterocycles. The van der Waals surface area contributed by atoms with Crippen LogP contribution in [0.3, 0.4) is 0 Å². The summed E-state index contributed by atoms with van der Waals surface area (Å²) in [4.78, 5) is 13.8. The Balaban J connectivity index is 1.73. The zero-order valence-electron chi connectivity index (χ0n) is 13.4. The van der Waals surface area contributed by atoms with E-state index in [0.717, 1.165) is 43.8 Å². The zero-order valence-corrected chi connectivity index (χ0v) is 14.2. The smallest absolute Gasteiger partial charge is 0.191 e. The van der Waals surface area contributed by atoms with Gasteiger partial charge in [-0.15, -0.1) is 0 Å². The summed E-state index contributed by atoms with van der Waals surface area (Å²) >= 11 is 1.53. The standard InChI is InChI=1S/C15H25N5OS/c1-3-4-11-9-21-10-12-8-19(5-6-20(11)12)14-7-13(16)17-15(18-14)22-2/h7,11-12H,3-6,8-10H2,1-2H3,(H2,16,17,18)/t11-,12+/m0/s1. The maximum Gasteiger partial charge on any atom is 0.191 e. The number of rotatable bonds is 4. The topological polar surface area (TPSA) is 67.5 Å². The van der Waals surface area contributed by atoms with Crippen molar-refractivity contribution < 1.29 is 4.74 Å². The van der Waals surface area contributed by atoms with Crippen molar-refractivity contribution in [1.82, 2.24) is 14.9 Å². The molecule has 2 aliphatic rings. The van der Waals surface area contributed by atoms with Crippen molar-refractivity contribution in [2.75, 3.05) is 49.7 Å². The summed E-state index contributed by atoms with van der Waals surface area (Å²) in [6.45, 7) is 6.93. The fraction of sp³-hybridized carbons (Fsp3) is 0.733. The molecule has 0 saturated carbocycles. The molecule has 2 aliphatic heterocycles. The molecule has 0 aliphatic carbocycles. The first-order valence-electron chi connectivity index (χ1n) is 7.98. The average molecular weight is 323 g/mol. The van der Waals surface area contributed by atoms with Gasteiger partial charge < -0.3 is 15.4 Å². The summed E-state index contributed by atoms with van der Waals surface area (Å²) in [7, 11) is 0. The van der Waals surface area contributed by atoms with Gasteiger partial charge >= 0.3 is 0 Å². The van der Waals surface area contributed by atoms with Crippen LogP contribution >= 0.6 is 11.8 Å². The normalized spacial score (nSPS) is 26.0. The summed E-state index contributed by atoms with van der Waals surface area (Å²) in [6, 6.07) is 2.90. The van der Waals surface area contributed by atoms with E-state index in [9.17, 15) is 0 Å². The van der Waals surface area contributed by atoms with Crippen LogP contribution in [0.2, 0.25) is 0 Å². The van der Waals surface area contributed by atoms with Crippen LogP contribution < -0.4 is 10.6 Å². The second-order valence-electron chi connectivity index (χ2n) is 5.96. The zero-order chi connectivity index (χ0) is 15.5. The second-order valence-corrected chi connectivity index (χ2v) is 6.73. The Labute approximate surface area is 136 Å². The van der Waals surface area contributed by atoms with E-state index >= 15 is 0 Å². The summed E-state index contributed by atoms with van der Waals surface area (Å²) in [6.07, 6.45) is 4.40. The predicted molar refractivity (Wildman–Crippen MR) is 90.4 cm³/mol. The molecule has 0 spiro atoms. The lowest BCUT2D eigenvalue weighted by Crippen LogP contribution is -2.62. The highest BCUT2D eigenvalue weighted by molar-refractivity contribution is 7.98. The Bertz CT molecular complexity index is 513. The van der Waals surface area contributed by atoms with Crippen LogP contribution in [0.15, 0.2) is 11.2 Å². The quantitative estimate of drug-likeness (QED) is 0.665. The molecule has 0 amide bonds. The molecular formula is C15H25N5OS. The third-order valence-corrected chi connectivity index (χ3v) is 5.01. The monoisotopic (exact) mass is 323 g/mol. The second kappa shape index (κ2) is 7.02. The Morgan fingerprint density at radius 2 is 2.23 bits per heavy atom. The van der Waals surface area contributed by atoms with E-state index in [1.54, 1.807) is 0 Å². The van der Waals surface area contributed by atoms with Crippen LogP contribution in [0.5, 0.6) is 0 Å². The first kappa shape index (κ1) is 15.8. The number of nitrogen functional groups attached to an aromatic ring is 1. The van der Waals surface area contributed by atoms with Crippen molar-refractivity contribution in [2.45, 2.75) is 37.0 Å². The number of thioether (sulfide) groups is 1. The van der Waals surface area contributed by atoms with Gasteiger partial charge in [0.05, 0.1) is 19.3 Å². The molecule has 2 saturated heterocycles. The number of nitrogens with two attached hydrogens (primary N) is 1. The van der Waals surface area contributed by atoms with E-state index in [4.69, 9.17) is 10.5 Å². The van der Waals surface area contributed by atoms with Crippen molar-refractivity contribution in [3.63, 3.8) is 0 Å². The first-order chi connectivity index (χ1) is 10.7. The predicted octanol–water partition coefficient (Wildman–Crippen LogP) is 1.47. The number of hydrogen-bond donors (Lipinski definition) is 1. The molecule has 22 heavy (non-hydrogen) atoms. The summed E-state index contributed by atoms with van der Waals surface area (Å²) in [5.74, 6) is 1.48. The van der Waals surface area contributed by atoms with Crippen LogP contribution in [0.1, 0.15) is 19.8 Å². The number of aromatic nitrogens is 2. The van der Waals surface area contributed by atoms with Gasteiger partial charge in [0.1, 0.15) is 11.6 Å². The molecule has 7 heteroatoms. The highest BCUT2D eigenvalue weighted by atomic mass is 32.2. The van der Waals surface area contributed by atoms with Crippen molar-refractivity contribution in [1.29, 1.82) is 0 Å². The van der Waals surface area contributed by atoms with Gasteiger partial charge in [-0.2, -0.15) is 0 Å². The van der Waals surface area contributed by atoms with Crippen molar-refractivity contribution >= 4 is 23.4 Å². The van der Waals surface area contributed by atoms with Gasteiger partial charge in [0.25, 0.3) is 0 Å². The minimum Gasteiger partial charge on any atom is -0.383 e. The molecule has 2 atom stereocenters. The number of hydrogen-bond acceptors (Lipinski definition) is 7. The molecule has 2 N–H and O–H groups in total. The molecule has 0 aromatic carbocycles. The summed E-state index contributed by atoms with van der Waals surface area (Å²) in [5.41, 5.74) is 5.91. The average Bonchev–Trinajstić information content (AvgIpc) is 2.54. The van der Waals surface area contributed by atoms with Gasteiger partial charge in [-0.25, -0.2) is 9.97 Å². The number of morpholine rings is 1. The van der Waals surface area contributed by atoms with E-state index in [-0.39, 0.29) is 0 Å². The van der Waals surface area contributed by atoms with E-state index in [1.165, 1.54) is 24.6 Å². The SMILES string of the molecule is CCC[C@H]1COC[C@H]2CN(c3cc(N)nc(SC)n3)CCN12. The van der Waals surface area contributed by atoms with Crippen molar-refractivity contribution in [3.8, 4) is 0 Å². The number of ether oxygens (including phenoxy) is 1. The van der Waals surface area contributed by atoms with Gasteiger partial charge in [0.15, 0.2) is 5.16 Å². The third-order valence-electron chi connectivity index (χ3n) is 4.46. The molecule has 6 nitrogen and oxygen atoms in total. The van der Waals surface area contributed by atoms with Crippen molar-refractivity contribution in [2.24, 2.45) is 0 Å². The Morgan fingerprint density at radius 3 is 3.00 bits per heavy atom. The maximum absolute atomic E-state index is 5.91. The van der Waals surface area contributed by atoms with Crippen molar-refractivity contribution in [3.05, 3.63) is 6.07 Å². The van der Waals surface area contributed by atoms with E-state index in [1.807, 2.05) is 12.3 Å². The molecule has 122 valence electrons. The summed E-state index contributed by atoms with van der Waals surface area (Å²) < 4.78 is 5.83. The van der Waals surface area contributed by atoms with Crippen LogP contribution in [-0.2, 0) is 4.74 Å². The molecule has 0 bridgehead atoms. The largest absolute Gasteiger partial charge is 0.383 e. The third kappa shape index (κ3) is 3.31. The van der Waals surface area contributed by atoms with Gasteiger partial charge in [-0.05, 0) is 12.7 Å². The Morgan fingerprint density at radius 1 is 1.36 bits per heavy atom. The molecule has 0 radical (unpaired) electrons. The number of nitrogens with zero attached hydrogens (tertiary/aromatic N) is 4. The van der Waals surface area contributed by atoms with E-state index < -0.39 is 0 Å². The lowest BCUT2D eigenvalue weighted by atomic mass is 10.0. The first-order valence-corrected chi connectivity index (χ1v) is 9.20. The lowest BCUT2D eigenvalue weighted by Gasteiger charge is -2.48. The highest BCUT2D eigenvalue weighted by Crippen LogP contribution is 2.25. The minimum absolute atomic E-state index is 0.452. The molecular weight excluding hydrogens is 298 g/mol. The molecule has 3 rings (SSSR count). The van der Waals surface area contributed by atoms with E-state index in [0.29, 0.717) is 17.9 Å². The van der Waals surface area contributed by atoms with Gasteiger partial charge in [-0.1, -0.05) is 25.1 Å². The number of piperazine rings is 1. The molecule has 2 fully saturated rings.